The third kappa shape index (κ3) is 3.71. The number of amides is 2. The van der Waals surface area contributed by atoms with Gasteiger partial charge in [-0.2, -0.15) is 5.10 Å². The number of carbonyl (C=O) groups is 2. The number of imide groups is 1. The minimum Gasteiger partial charge on any atom is -0.391 e. The maximum absolute atomic E-state index is 11.5. The number of rotatable bonds is 6. The fourth-order valence-electron chi connectivity index (χ4n) is 3.51. The minimum atomic E-state index is -0.382. The summed E-state index contributed by atoms with van der Waals surface area (Å²) < 4.78 is 1.82. The lowest BCUT2D eigenvalue weighted by Crippen LogP contribution is -2.39. The summed E-state index contributed by atoms with van der Waals surface area (Å²) in [5.74, 6) is 0.608. The molecule has 8 nitrogen and oxygen atoms in total. The summed E-state index contributed by atoms with van der Waals surface area (Å²) >= 11 is 0. The Labute approximate surface area is 152 Å². The first-order chi connectivity index (χ1) is 12.5. The molecule has 8 heteroatoms. The molecule has 2 atom stereocenters. The normalized spacial score (nSPS) is 20.1. The van der Waals surface area contributed by atoms with Gasteiger partial charge in [-0.15, -0.1) is 0 Å². The van der Waals surface area contributed by atoms with Crippen molar-refractivity contribution in [1.82, 2.24) is 20.4 Å². The molecule has 0 aliphatic carbocycles. The Kier molecular flexibility index (Phi) is 5.53. The van der Waals surface area contributed by atoms with Crippen molar-refractivity contribution in [3.05, 3.63) is 23.8 Å². The van der Waals surface area contributed by atoms with Gasteiger partial charge in [0.15, 0.2) is 5.82 Å². The average molecular weight is 359 g/mol. The van der Waals surface area contributed by atoms with Crippen LogP contribution in [0.3, 0.4) is 0 Å². The number of nitrogens with zero attached hydrogens (tertiary/aromatic N) is 3. The second kappa shape index (κ2) is 7.84. The fourth-order valence-corrected chi connectivity index (χ4v) is 3.51. The Morgan fingerprint density at radius 2 is 2.35 bits per heavy atom. The van der Waals surface area contributed by atoms with E-state index in [0.29, 0.717) is 19.5 Å². The first-order valence-electron chi connectivity index (χ1n) is 8.81. The highest BCUT2D eigenvalue weighted by Crippen LogP contribution is 2.31. The van der Waals surface area contributed by atoms with E-state index in [-0.39, 0.29) is 24.3 Å². The van der Waals surface area contributed by atoms with E-state index in [2.05, 4.69) is 27.9 Å². The van der Waals surface area contributed by atoms with Crippen molar-refractivity contribution >= 4 is 29.0 Å². The zero-order chi connectivity index (χ0) is 18.7. The standard InChI is InChI=1S/C18H25N5O3/c1-22(8-6-17(26)20-11-24)18-14-4-3-12(9-15(14)23(2)21-18)13-5-7-19-10-16(13)25/h3-4,9,11,13,16,19,25H,5-8,10H2,1-2H3,(H,20,24,26). The second-order valence-electron chi connectivity index (χ2n) is 6.75. The van der Waals surface area contributed by atoms with Gasteiger partial charge in [0.25, 0.3) is 0 Å². The van der Waals surface area contributed by atoms with Gasteiger partial charge in [-0.25, -0.2) is 0 Å². The molecule has 0 bridgehead atoms. The first kappa shape index (κ1) is 18.3. The molecule has 140 valence electrons. The summed E-state index contributed by atoms with van der Waals surface area (Å²) in [6, 6.07) is 6.18. The number of benzene rings is 1. The summed E-state index contributed by atoms with van der Waals surface area (Å²) in [7, 11) is 3.77. The first-order valence-corrected chi connectivity index (χ1v) is 8.81. The van der Waals surface area contributed by atoms with Crippen LogP contribution in [0.4, 0.5) is 5.82 Å². The van der Waals surface area contributed by atoms with Gasteiger partial charge in [-0.3, -0.25) is 19.6 Å². The van der Waals surface area contributed by atoms with Gasteiger partial charge >= 0.3 is 0 Å². The van der Waals surface area contributed by atoms with Crippen molar-refractivity contribution in [2.24, 2.45) is 7.05 Å². The third-order valence-electron chi connectivity index (χ3n) is 4.99. The second-order valence-corrected chi connectivity index (χ2v) is 6.75. The number of aliphatic hydroxyl groups is 1. The molecule has 1 saturated heterocycles. The fraction of sp³-hybridized carbons (Fsp3) is 0.500. The van der Waals surface area contributed by atoms with Crippen LogP contribution in [0.25, 0.3) is 10.9 Å². The van der Waals surface area contributed by atoms with E-state index in [0.717, 1.165) is 35.2 Å². The van der Waals surface area contributed by atoms with E-state index in [1.807, 2.05) is 29.7 Å². The Balaban J connectivity index is 1.82. The largest absolute Gasteiger partial charge is 0.391 e. The topological polar surface area (TPSA) is 99.5 Å². The number of hydrogen-bond acceptors (Lipinski definition) is 6. The molecule has 3 rings (SSSR count). The maximum atomic E-state index is 11.5. The van der Waals surface area contributed by atoms with Crippen LogP contribution in [-0.2, 0) is 16.6 Å². The molecule has 2 amide bonds. The lowest BCUT2D eigenvalue weighted by atomic mass is 9.87. The number of aromatic nitrogens is 2. The third-order valence-corrected chi connectivity index (χ3v) is 4.99. The molecule has 2 unspecified atom stereocenters. The van der Waals surface area contributed by atoms with Crippen LogP contribution in [0.5, 0.6) is 0 Å². The van der Waals surface area contributed by atoms with Gasteiger partial charge in [0.1, 0.15) is 0 Å². The summed E-state index contributed by atoms with van der Waals surface area (Å²) in [4.78, 5) is 23.7. The molecular formula is C18H25N5O3. The van der Waals surface area contributed by atoms with Crippen LogP contribution in [0, 0.1) is 0 Å². The number of carbonyl (C=O) groups excluding carboxylic acids is 2. The number of piperidine rings is 1. The predicted octanol–water partition coefficient (Wildman–Crippen LogP) is 0.110. The summed E-state index contributed by atoms with van der Waals surface area (Å²) in [6.45, 7) is 1.98. The predicted molar refractivity (Wildman–Crippen MR) is 99.0 cm³/mol. The van der Waals surface area contributed by atoms with Crippen molar-refractivity contribution < 1.29 is 14.7 Å². The van der Waals surface area contributed by atoms with Crippen LogP contribution < -0.4 is 15.5 Å². The highest BCUT2D eigenvalue weighted by molar-refractivity contribution is 5.91. The molecule has 2 aromatic rings. The summed E-state index contributed by atoms with van der Waals surface area (Å²) in [6.07, 6.45) is 1.14. The van der Waals surface area contributed by atoms with E-state index in [9.17, 15) is 14.7 Å². The SMILES string of the molecule is CN(CCC(=O)NC=O)c1nn(C)c2cc(C3CCNCC3O)ccc12. The Morgan fingerprint density at radius 1 is 1.54 bits per heavy atom. The number of β-amino-alcohol motifs (C(OH)–C–C–N with tert-alkyl or cyclic N) is 1. The van der Waals surface area contributed by atoms with Gasteiger partial charge in [0, 0.05) is 44.9 Å². The van der Waals surface area contributed by atoms with Crippen LogP contribution in [0.2, 0.25) is 0 Å². The highest BCUT2D eigenvalue weighted by Gasteiger charge is 2.25. The molecule has 0 saturated carbocycles. The Bertz CT molecular complexity index is 803. The van der Waals surface area contributed by atoms with Gasteiger partial charge in [-0.05, 0) is 30.7 Å². The van der Waals surface area contributed by atoms with E-state index in [4.69, 9.17) is 0 Å². The molecule has 1 aliphatic rings. The number of anilines is 1. The molecule has 1 aromatic heterocycles. The monoisotopic (exact) mass is 359 g/mol. The van der Waals surface area contributed by atoms with Crippen molar-refractivity contribution in [2.45, 2.75) is 24.9 Å². The molecule has 1 aromatic carbocycles. The van der Waals surface area contributed by atoms with Gasteiger partial charge in [0.2, 0.25) is 12.3 Å². The number of aliphatic hydroxyl groups excluding tert-OH is 1. The van der Waals surface area contributed by atoms with E-state index in [1.54, 1.807) is 0 Å². The Morgan fingerprint density at radius 3 is 3.08 bits per heavy atom. The van der Waals surface area contributed by atoms with Gasteiger partial charge in [0.05, 0.1) is 11.6 Å². The molecule has 2 heterocycles. The molecule has 3 N–H and O–H groups in total. The molecule has 0 radical (unpaired) electrons. The van der Waals surface area contributed by atoms with Crippen molar-refractivity contribution in [3.63, 3.8) is 0 Å². The average Bonchev–Trinajstić information content (AvgIpc) is 2.97. The number of nitrogens with one attached hydrogen (secondary N) is 2. The smallest absolute Gasteiger partial charge is 0.228 e. The molecule has 0 spiro atoms. The van der Waals surface area contributed by atoms with Crippen LogP contribution in [0.15, 0.2) is 18.2 Å². The number of aryl methyl sites for hydroxylation is 1. The number of hydrogen-bond donors (Lipinski definition) is 3. The van der Waals surface area contributed by atoms with E-state index >= 15 is 0 Å². The molecule has 26 heavy (non-hydrogen) atoms. The molecular weight excluding hydrogens is 334 g/mol. The van der Waals surface area contributed by atoms with Crippen LogP contribution in [-0.4, -0.2) is 60.0 Å². The van der Waals surface area contributed by atoms with E-state index in [1.165, 1.54) is 0 Å². The van der Waals surface area contributed by atoms with Gasteiger partial charge in [-0.1, -0.05) is 6.07 Å². The Hall–Kier alpha value is -2.45. The van der Waals surface area contributed by atoms with E-state index < -0.39 is 0 Å². The van der Waals surface area contributed by atoms with Crippen molar-refractivity contribution in [3.8, 4) is 0 Å². The molecule has 1 aliphatic heterocycles. The minimum absolute atomic E-state index is 0.128. The van der Waals surface area contributed by atoms with Crippen molar-refractivity contribution in [1.29, 1.82) is 0 Å². The summed E-state index contributed by atoms with van der Waals surface area (Å²) in [5.41, 5.74) is 2.11. The maximum Gasteiger partial charge on any atom is 0.228 e. The van der Waals surface area contributed by atoms with Crippen LogP contribution >= 0.6 is 0 Å². The molecule has 1 fully saturated rings. The van der Waals surface area contributed by atoms with Crippen molar-refractivity contribution in [2.75, 3.05) is 31.6 Å². The number of fused-ring (bicyclic) bond motifs is 1. The van der Waals surface area contributed by atoms with Crippen LogP contribution in [0.1, 0.15) is 24.3 Å². The van der Waals surface area contributed by atoms with Gasteiger partial charge < -0.3 is 15.3 Å². The summed E-state index contributed by atoms with van der Waals surface area (Å²) in [5, 5.41) is 21.2. The zero-order valence-corrected chi connectivity index (χ0v) is 15.1. The lowest BCUT2D eigenvalue weighted by molar-refractivity contribution is -0.125. The zero-order valence-electron chi connectivity index (χ0n) is 15.1. The lowest BCUT2D eigenvalue weighted by Gasteiger charge is -2.28. The highest BCUT2D eigenvalue weighted by atomic mass is 16.3. The quantitative estimate of drug-likeness (QED) is 0.633.